The highest BCUT2D eigenvalue weighted by Crippen LogP contribution is 2.50. The third-order valence-electron chi connectivity index (χ3n) is 5.99. The lowest BCUT2D eigenvalue weighted by Gasteiger charge is -2.21. The van der Waals surface area contributed by atoms with Crippen molar-refractivity contribution >= 4 is 32.6 Å². The van der Waals surface area contributed by atoms with E-state index < -0.39 is 46.0 Å². The van der Waals surface area contributed by atoms with Crippen molar-refractivity contribution in [2.45, 2.75) is 25.4 Å². The monoisotopic (exact) mass is 506 g/mol. The topological polar surface area (TPSA) is 84.9 Å². The van der Waals surface area contributed by atoms with Crippen LogP contribution in [0.25, 0.3) is 10.8 Å². The van der Waals surface area contributed by atoms with Crippen molar-refractivity contribution in [3.63, 3.8) is 0 Å². The first kappa shape index (κ1) is 23.3. The third-order valence-corrected chi connectivity index (χ3v) is 7.36. The SMILES string of the molecule is O=C1CN(c2c(OCc3ccccc3)cc3ccc(OCCC4CC4(F)F)cc3c2F)S(=O)(=O)N1. The van der Waals surface area contributed by atoms with Gasteiger partial charge in [-0.15, -0.1) is 0 Å². The zero-order valence-electron chi connectivity index (χ0n) is 18.3. The van der Waals surface area contributed by atoms with Crippen molar-refractivity contribution in [2.24, 2.45) is 5.92 Å². The van der Waals surface area contributed by atoms with Gasteiger partial charge < -0.3 is 9.47 Å². The summed E-state index contributed by atoms with van der Waals surface area (Å²) in [6, 6.07) is 15.0. The van der Waals surface area contributed by atoms with E-state index in [1.807, 2.05) is 10.8 Å². The first-order valence-corrected chi connectivity index (χ1v) is 12.3. The van der Waals surface area contributed by atoms with Crippen LogP contribution < -0.4 is 18.5 Å². The number of amides is 1. The van der Waals surface area contributed by atoms with Crippen LogP contribution in [0.5, 0.6) is 11.5 Å². The lowest BCUT2D eigenvalue weighted by Crippen LogP contribution is -2.30. The molecule has 1 heterocycles. The van der Waals surface area contributed by atoms with Crippen molar-refractivity contribution < 1.29 is 35.9 Å². The van der Waals surface area contributed by atoms with Crippen molar-refractivity contribution in [1.29, 1.82) is 0 Å². The number of rotatable bonds is 8. The Kier molecular flexibility index (Phi) is 5.74. The van der Waals surface area contributed by atoms with Crippen LogP contribution in [0, 0.1) is 11.7 Å². The summed E-state index contributed by atoms with van der Waals surface area (Å²) in [6.07, 6.45) is 0.0136. The molecule has 11 heteroatoms. The van der Waals surface area contributed by atoms with Crippen LogP contribution in [0.15, 0.2) is 54.6 Å². The molecule has 0 spiro atoms. The summed E-state index contributed by atoms with van der Waals surface area (Å²) < 4.78 is 80.8. The normalized spacial score (nSPS) is 20.0. The highest BCUT2D eigenvalue weighted by molar-refractivity contribution is 7.92. The number of halogens is 3. The van der Waals surface area contributed by atoms with Crippen LogP contribution in [0.3, 0.4) is 0 Å². The van der Waals surface area contributed by atoms with Gasteiger partial charge in [-0.05, 0) is 35.6 Å². The number of nitrogens with zero attached hydrogens (tertiary/aromatic N) is 1. The maximum atomic E-state index is 15.8. The van der Waals surface area contributed by atoms with Gasteiger partial charge in [0.1, 0.15) is 30.3 Å². The predicted octanol–water partition coefficient (Wildman–Crippen LogP) is 4.16. The summed E-state index contributed by atoms with van der Waals surface area (Å²) >= 11 is 0. The fourth-order valence-corrected chi connectivity index (χ4v) is 5.17. The average molecular weight is 507 g/mol. The molecule has 1 aliphatic carbocycles. The van der Waals surface area contributed by atoms with Gasteiger partial charge >= 0.3 is 10.2 Å². The molecule has 1 unspecified atom stereocenters. The predicted molar refractivity (Wildman–Crippen MR) is 122 cm³/mol. The molecule has 184 valence electrons. The summed E-state index contributed by atoms with van der Waals surface area (Å²) in [4.78, 5) is 11.8. The molecule has 35 heavy (non-hydrogen) atoms. The maximum Gasteiger partial charge on any atom is 0.326 e. The molecular formula is C24H21F3N2O5S. The highest BCUT2D eigenvalue weighted by atomic mass is 32.2. The van der Waals surface area contributed by atoms with E-state index in [4.69, 9.17) is 9.47 Å². The van der Waals surface area contributed by atoms with Gasteiger partial charge in [0.25, 0.3) is 11.8 Å². The van der Waals surface area contributed by atoms with E-state index in [2.05, 4.69) is 0 Å². The largest absolute Gasteiger partial charge is 0.494 e. The molecule has 2 aliphatic rings. The summed E-state index contributed by atoms with van der Waals surface area (Å²) in [5.41, 5.74) is 0.379. The van der Waals surface area contributed by atoms with Crippen molar-refractivity contribution in [3.05, 3.63) is 66.0 Å². The van der Waals surface area contributed by atoms with Crippen LogP contribution in [-0.4, -0.2) is 33.4 Å². The minimum Gasteiger partial charge on any atom is -0.494 e. The second-order valence-electron chi connectivity index (χ2n) is 8.53. The molecule has 0 aromatic heterocycles. The molecule has 3 aromatic rings. The van der Waals surface area contributed by atoms with Crippen molar-refractivity contribution in [1.82, 2.24) is 4.72 Å². The maximum absolute atomic E-state index is 15.8. The third kappa shape index (κ3) is 4.72. The molecule has 0 radical (unpaired) electrons. The molecule has 2 fully saturated rings. The number of alkyl halides is 2. The Morgan fingerprint density at radius 2 is 1.83 bits per heavy atom. The molecule has 0 bridgehead atoms. The fourth-order valence-electron chi connectivity index (χ4n) is 4.01. The van der Waals surface area contributed by atoms with Gasteiger partial charge in [0.05, 0.1) is 6.61 Å². The van der Waals surface area contributed by atoms with Crippen LogP contribution >= 0.6 is 0 Å². The molecule has 5 rings (SSSR count). The zero-order chi connectivity index (χ0) is 24.8. The van der Waals surface area contributed by atoms with Gasteiger partial charge in [0, 0.05) is 17.7 Å². The second-order valence-corrected chi connectivity index (χ2v) is 10.1. The van der Waals surface area contributed by atoms with Crippen molar-refractivity contribution in [2.75, 3.05) is 17.5 Å². The summed E-state index contributed by atoms with van der Waals surface area (Å²) in [5, 5.41) is 0.446. The van der Waals surface area contributed by atoms with Gasteiger partial charge in [-0.1, -0.05) is 36.4 Å². The van der Waals surface area contributed by atoms with Gasteiger partial charge in [-0.25, -0.2) is 22.2 Å². The number of hydrogen-bond acceptors (Lipinski definition) is 5. The lowest BCUT2D eigenvalue weighted by molar-refractivity contribution is -0.117. The number of hydrogen-bond donors (Lipinski definition) is 1. The Morgan fingerprint density at radius 1 is 1.09 bits per heavy atom. The molecule has 1 atom stereocenters. The first-order chi connectivity index (χ1) is 16.6. The Bertz CT molecular complexity index is 1400. The molecule has 1 amide bonds. The number of fused-ring (bicyclic) bond motifs is 1. The Balaban J connectivity index is 1.49. The Morgan fingerprint density at radius 3 is 2.49 bits per heavy atom. The molecule has 1 saturated carbocycles. The van der Waals surface area contributed by atoms with E-state index in [9.17, 15) is 22.0 Å². The summed E-state index contributed by atoms with van der Waals surface area (Å²) in [7, 11) is -4.31. The summed E-state index contributed by atoms with van der Waals surface area (Å²) in [6.45, 7) is -0.517. The smallest absolute Gasteiger partial charge is 0.326 e. The minimum absolute atomic E-state index is 0.0378. The molecule has 7 nitrogen and oxygen atoms in total. The number of carbonyl (C=O) groups excluding carboxylic acids is 1. The number of benzene rings is 3. The average Bonchev–Trinajstić information content (AvgIpc) is 3.32. The van der Waals surface area contributed by atoms with Gasteiger partial charge in [0.2, 0.25) is 0 Å². The van der Waals surface area contributed by atoms with Crippen LogP contribution in [-0.2, 0) is 21.6 Å². The quantitative estimate of drug-likeness (QED) is 0.496. The molecule has 1 aliphatic heterocycles. The van der Waals surface area contributed by atoms with Gasteiger partial charge in [0.15, 0.2) is 5.82 Å². The van der Waals surface area contributed by atoms with E-state index in [1.165, 1.54) is 12.1 Å². The molecule has 1 saturated heterocycles. The Labute approximate surface area is 199 Å². The molecular weight excluding hydrogens is 485 g/mol. The standard InChI is InChI=1S/C24H21F3N2O5S/c25-22-19-11-18(33-9-8-17-12-24(17,26)27)7-6-16(19)10-20(34-14-15-4-2-1-3-5-15)23(22)29-13-21(30)28-35(29,31)32/h1-7,10-11,17H,8-9,12-14H2,(H,28,30). The van der Waals surface area contributed by atoms with Crippen LogP contribution in [0.1, 0.15) is 18.4 Å². The number of nitrogens with one attached hydrogen (secondary N) is 1. The van der Waals surface area contributed by atoms with E-state index in [0.29, 0.717) is 9.69 Å². The minimum atomic E-state index is -4.31. The van der Waals surface area contributed by atoms with Crippen molar-refractivity contribution in [3.8, 4) is 11.5 Å². The number of ether oxygens (including phenoxy) is 2. The van der Waals surface area contributed by atoms with Crippen LogP contribution in [0.4, 0.5) is 18.9 Å². The Hall–Kier alpha value is -3.47. The summed E-state index contributed by atoms with van der Waals surface area (Å²) in [5.74, 6) is -4.86. The second kappa shape index (κ2) is 8.63. The van der Waals surface area contributed by atoms with E-state index >= 15 is 4.39 Å². The lowest BCUT2D eigenvalue weighted by atomic mass is 10.1. The van der Waals surface area contributed by atoms with E-state index in [-0.39, 0.29) is 42.9 Å². The molecule has 3 aromatic carbocycles. The van der Waals surface area contributed by atoms with Gasteiger partial charge in [-0.3, -0.25) is 4.79 Å². The first-order valence-electron chi connectivity index (χ1n) is 10.9. The fraction of sp³-hybridized carbons (Fsp3) is 0.292. The van der Waals surface area contributed by atoms with Crippen LogP contribution in [0.2, 0.25) is 0 Å². The number of anilines is 1. The zero-order valence-corrected chi connectivity index (χ0v) is 19.2. The van der Waals surface area contributed by atoms with E-state index in [1.54, 1.807) is 36.4 Å². The van der Waals surface area contributed by atoms with Gasteiger partial charge in [-0.2, -0.15) is 8.42 Å². The molecule has 1 N–H and O–H groups in total. The number of carbonyl (C=O) groups is 1. The highest BCUT2D eigenvalue weighted by Gasteiger charge is 2.56. The van der Waals surface area contributed by atoms with E-state index in [0.717, 1.165) is 5.56 Å².